The summed E-state index contributed by atoms with van der Waals surface area (Å²) in [4.78, 5) is 17.2. The lowest BCUT2D eigenvalue weighted by Gasteiger charge is -2.31. The minimum absolute atomic E-state index is 0.147. The Hall–Kier alpha value is -2.77. The van der Waals surface area contributed by atoms with Crippen LogP contribution < -0.4 is 5.32 Å². The van der Waals surface area contributed by atoms with E-state index in [-0.39, 0.29) is 23.3 Å². The van der Waals surface area contributed by atoms with Crippen LogP contribution in [0.25, 0.3) is 10.9 Å². The predicted octanol–water partition coefficient (Wildman–Crippen LogP) is 3.58. The number of carbonyl (C=O) groups is 1. The molecule has 150 valence electrons. The number of para-hydroxylation sites is 1. The molecule has 1 aliphatic heterocycles. The van der Waals surface area contributed by atoms with Gasteiger partial charge in [-0.1, -0.05) is 30.3 Å². The first-order valence-electron chi connectivity index (χ1n) is 9.66. The van der Waals surface area contributed by atoms with Crippen molar-refractivity contribution in [2.75, 3.05) is 18.4 Å². The summed E-state index contributed by atoms with van der Waals surface area (Å²) < 4.78 is 28.1. The molecule has 6 nitrogen and oxygen atoms in total. The molecule has 0 spiro atoms. The number of nitrogens with zero attached hydrogens (tertiary/aromatic N) is 2. The molecule has 3 aromatic rings. The van der Waals surface area contributed by atoms with Crippen molar-refractivity contribution >= 4 is 32.5 Å². The van der Waals surface area contributed by atoms with Crippen molar-refractivity contribution in [3.63, 3.8) is 0 Å². The molecule has 0 aliphatic carbocycles. The van der Waals surface area contributed by atoms with E-state index >= 15 is 0 Å². The molecule has 29 heavy (non-hydrogen) atoms. The van der Waals surface area contributed by atoms with Gasteiger partial charge < -0.3 is 5.32 Å². The highest BCUT2D eigenvalue weighted by Gasteiger charge is 2.34. The molecule has 0 saturated carbocycles. The van der Waals surface area contributed by atoms with Crippen molar-refractivity contribution in [1.82, 2.24) is 9.29 Å². The standard InChI is InChI=1S/C22H23N3O3S/c1-16-6-2-10-19(14-16)24-22(26)18-9-5-13-25(15-18)29(27,28)20-11-3-7-17-8-4-12-23-21(17)20/h2-4,6-8,10-12,14,18H,5,9,13,15H2,1H3,(H,24,26)/t18-/m1/s1. The fraction of sp³-hybridized carbons (Fsp3) is 0.273. The Morgan fingerprint density at radius 3 is 2.76 bits per heavy atom. The summed E-state index contributed by atoms with van der Waals surface area (Å²) in [7, 11) is -3.74. The quantitative estimate of drug-likeness (QED) is 0.714. The number of rotatable bonds is 4. The van der Waals surface area contributed by atoms with Gasteiger partial charge in [0.25, 0.3) is 0 Å². The number of anilines is 1. The maximum absolute atomic E-state index is 13.3. The van der Waals surface area contributed by atoms with Gasteiger partial charge in [0.2, 0.25) is 15.9 Å². The van der Waals surface area contributed by atoms with Gasteiger partial charge in [0.05, 0.1) is 11.4 Å². The van der Waals surface area contributed by atoms with E-state index in [1.54, 1.807) is 24.4 Å². The zero-order chi connectivity index (χ0) is 20.4. The second-order valence-corrected chi connectivity index (χ2v) is 9.30. The van der Waals surface area contributed by atoms with Gasteiger partial charge in [0, 0.05) is 30.4 Å². The number of sulfonamides is 1. The van der Waals surface area contributed by atoms with E-state index in [0.29, 0.717) is 24.9 Å². The average molecular weight is 410 g/mol. The Kier molecular flexibility index (Phi) is 5.34. The summed E-state index contributed by atoms with van der Waals surface area (Å²) in [5.41, 5.74) is 2.24. The first kappa shape index (κ1) is 19.5. The Bertz CT molecular complexity index is 1160. The minimum Gasteiger partial charge on any atom is -0.326 e. The third kappa shape index (κ3) is 4.02. The van der Waals surface area contributed by atoms with Crippen LogP contribution in [-0.2, 0) is 14.8 Å². The van der Waals surface area contributed by atoms with Gasteiger partial charge >= 0.3 is 0 Å². The molecule has 0 unspecified atom stereocenters. The lowest BCUT2D eigenvalue weighted by molar-refractivity contribution is -0.120. The van der Waals surface area contributed by atoms with Crippen LogP contribution in [0.3, 0.4) is 0 Å². The van der Waals surface area contributed by atoms with Gasteiger partial charge in [-0.2, -0.15) is 4.31 Å². The van der Waals surface area contributed by atoms with Crippen LogP contribution in [-0.4, -0.2) is 36.7 Å². The second-order valence-electron chi connectivity index (χ2n) is 7.39. The van der Waals surface area contributed by atoms with Crippen molar-refractivity contribution in [3.05, 3.63) is 66.4 Å². The Balaban J connectivity index is 1.56. The molecule has 1 aromatic heterocycles. The minimum atomic E-state index is -3.74. The third-order valence-electron chi connectivity index (χ3n) is 5.25. The molecule has 1 fully saturated rings. The summed E-state index contributed by atoms with van der Waals surface area (Å²) in [6.07, 6.45) is 2.90. The SMILES string of the molecule is Cc1cccc(NC(=O)[C@@H]2CCCN(S(=O)(=O)c3cccc4cccnc34)C2)c1. The van der Waals surface area contributed by atoms with Crippen LogP contribution >= 0.6 is 0 Å². The number of hydrogen-bond acceptors (Lipinski definition) is 4. The molecule has 2 aromatic carbocycles. The molecular formula is C22H23N3O3S. The zero-order valence-corrected chi connectivity index (χ0v) is 17.0. The molecule has 1 saturated heterocycles. The van der Waals surface area contributed by atoms with Gasteiger partial charge in [-0.05, 0) is 49.6 Å². The van der Waals surface area contributed by atoms with Gasteiger partial charge in [-0.3, -0.25) is 9.78 Å². The number of fused-ring (bicyclic) bond motifs is 1. The van der Waals surface area contributed by atoms with Gasteiger partial charge in [-0.15, -0.1) is 0 Å². The predicted molar refractivity (Wildman–Crippen MR) is 113 cm³/mol. The molecule has 7 heteroatoms. The number of amides is 1. The smallest absolute Gasteiger partial charge is 0.245 e. The summed E-state index contributed by atoms with van der Waals surface area (Å²) >= 11 is 0. The maximum Gasteiger partial charge on any atom is 0.245 e. The fourth-order valence-electron chi connectivity index (χ4n) is 3.77. The molecule has 2 heterocycles. The van der Waals surface area contributed by atoms with Crippen LogP contribution in [0.1, 0.15) is 18.4 Å². The molecular weight excluding hydrogens is 386 g/mol. The first-order chi connectivity index (χ1) is 13.9. The van der Waals surface area contributed by atoms with E-state index in [2.05, 4.69) is 10.3 Å². The van der Waals surface area contributed by atoms with E-state index in [1.807, 2.05) is 43.3 Å². The highest BCUT2D eigenvalue weighted by Crippen LogP contribution is 2.28. The zero-order valence-electron chi connectivity index (χ0n) is 16.2. The van der Waals surface area contributed by atoms with Crippen molar-refractivity contribution in [2.45, 2.75) is 24.7 Å². The van der Waals surface area contributed by atoms with Crippen molar-refractivity contribution in [2.24, 2.45) is 5.92 Å². The van der Waals surface area contributed by atoms with Crippen molar-refractivity contribution in [1.29, 1.82) is 0 Å². The van der Waals surface area contributed by atoms with Gasteiger partial charge in [0.15, 0.2) is 0 Å². The topological polar surface area (TPSA) is 79.4 Å². The largest absolute Gasteiger partial charge is 0.326 e. The van der Waals surface area contributed by atoms with E-state index in [1.165, 1.54) is 4.31 Å². The van der Waals surface area contributed by atoms with Gasteiger partial charge in [0.1, 0.15) is 4.90 Å². The van der Waals surface area contributed by atoms with E-state index in [9.17, 15) is 13.2 Å². The number of piperidine rings is 1. The van der Waals surface area contributed by atoms with Crippen LogP contribution in [0.5, 0.6) is 0 Å². The monoisotopic (exact) mass is 409 g/mol. The third-order valence-corrected chi connectivity index (χ3v) is 7.15. The summed E-state index contributed by atoms with van der Waals surface area (Å²) in [6, 6.07) is 16.4. The van der Waals surface area contributed by atoms with Gasteiger partial charge in [-0.25, -0.2) is 8.42 Å². The average Bonchev–Trinajstić information content (AvgIpc) is 2.73. The molecule has 0 bridgehead atoms. The lowest BCUT2D eigenvalue weighted by Crippen LogP contribution is -2.43. The number of carbonyl (C=O) groups excluding carboxylic acids is 1. The Labute approximate surface area is 170 Å². The number of aryl methyl sites for hydroxylation is 1. The molecule has 1 aliphatic rings. The highest BCUT2D eigenvalue weighted by molar-refractivity contribution is 7.89. The second kappa shape index (κ2) is 7.93. The highest BCUT2D eigenvalue weighted by atomic mass is 32.2. The number of aromatic nitrogens is 1. The Morgan fingerprint density at radius 1 is 1.14 bits per heavy atom. The Morgan fingerprint density at radius 2 is 1.93 bits per heavy atom. The van der Waals surface area contributed by atoms with Crippen molar-refractivity contribution in [3.8, 4) is 0 Å². The normalized spacial score (nSPS) is 17.9. The number of pyridine rings is 1. The van der Waals surface area contributed by atoms with Crippen LogP contribution in [0.4, 0.5) is 5.69 Å². The maximum atomic E-state index is 13.3. The van der Waals surface area contributed by atoms with E-state index < -0.39 is 10.0 Å². The summed E-state index contributed by atoms with van der Waals surface area (Å²) in [5.74, 6) is -0.534. The molecule has 1 N–H and O–H groups in total. The number of nitrogens with one attached hydrogen (secondary N) is 1. The summed E-state index contributed by atoms with van der Waals surface area (Å²) in [5, 5.41) is 3.70. The van der Waals surface area contributed by atoms with Crippen LogP contribution in [0.15, 0.2) is 65.7 Å². The van der Waals surface area contributed by atoms with Crippen LogP contribution in [0.2, 0.25) is 0 Å². The van der Waals surface area contributed by atoms with E-state index in [4.69, 9.17) is 0 Å². The lowest BCUT2D eigenvalue weighted by atomic mass is 9.98. The molecule has 4 rings (SSSR count). The first-order valence-corrected chi connectivity index (χ1v) is 11.1. The van der Waals surface area contributed by atoms with Crippen molar-refractivity contribution < 1.29 is 13.2 Å². The van der Waals surface area contributed by atoms with E-state index in [0.717, 1.165) is 16.6 Å². The summed E-state index contributed by atoms with van der Waals surface area (Å²) in [6.45, 7) is 2.53. The molecule has 1 amide bonds. The number of benzene rings is 2. The fourth-order valence-corrected chi connectivity index (χ4v) is 5.45. The molecule has 0 radical (unpaired) electrons. The van der Waals surface area contributed by atoms with Crippen LogP contribution in [0, 0.1) is 12.8 Å². The number of hydrogen-bond donors (Lipinski definition) is 1. The molecule has 1 atom stereocenters.